The fraction of sp³-hybridized carbons (Fsp3) is 0.375. The second-order valence-electron chi connectivity index (χ2n) is 5.48. The summed E-state index contributed by atoms with van der Waals surface area (Å²) in [5.41, 5.74) is 1.49. The van der Waals surface area contributed by atoms with Gasteiger partial charge in [-0.05, 0) is 40.6 Å². The molecule has 1 aliphatic rings. The molecule has 2 heterocycles. The van der Waals surface area contributed by atoms with E-state index in [0.29, 0.717) is 5.56 Å². The number of nitrogens with one attached hydrogen (secondary N) is 1. The summed E-state index contributed by atoms with van der Waals surface area (Å²) in [6.07, 6.45) is -4.72. The van der Waals surface area contributed by atoms with Gasteiger partial charge in [-0.25, -0.2) is 0 Å². The minimum absolute atomic E-state index is 0. The Morgan fingerprint density at radius 1 is 1.20 bits per heavy atom. The second-order valence-corrected chi connectivity index (χ2v) is 7.17. The Balaban J connectivity index is 0.00000225. The van der Waals surface area contributed by atoms with E-state index < -0.39 is 6.36 Å². The first-order chi connectivity index (χ1) is 11.4. The van der Waals surface area contributed by atoms with Crippen LogP contribution in [0.4, 0.5) is 13.2 Å². The maximum atomic E-state index is 12.8. The van der Waals surface area contributed by atoms with Crippen LogP contribution in [-0.2, 0) is 0 Å². The van der Waals surface area contributed by atoms with Gasteiger partial charge in [-0.1, -0.05) is 15.9 Å². The largest absolute Gasteiger partial charge is 0.573 e. The molecular formula is C16H17BrClF3N2OS. The maximum Gasteiger partial charge on any atom is 0.573 e. The van der Waals surface area contributed by atoms with E-state index in [0.717, 1.165) is 36.2 Å². The molecule has 0 aliphatic carbocycles. The number of halogens is 5. The van der Waals surface area contributed by atoms with Crippen molar-refractivity contribution in [2.75, 3.05) is 26.2 Å². The molecule has 0 bridgehead atoms. The Labute approximate surface area is 162 Å². The molecule has 9 heteroatoms. The fourth-order valence-corrected chi connectivity index (χ4v) is 3.97. The molecule has 0 radical (unpaired) electrons. The number of rotatable bonds is 4. The lowest BCUT2D eigenvalue weighted by Gasteiger charge is -2.35. The zero-order valence-corrected chi connectivity index (χ0v) is 16.3. The molecule has 1 saturated heterocycles. The van der Waals surface area contributed by atoms with E-state index in [1.165, 1.54) is 17.4 Å². The summed E-state index contributed by atoms with van der Waals surface area (Å²) in [7, 11) is 0. The number of piperazine rings is 1. The van der Waals surface area contributed by atoms with Crippen molar-refractivity contribution in [3.05, 3.63) is 50.6 Å². The highest BCUT2D eigenvalue weighted by Crippen LogP contribution is 2.39. The molecule has 1 aliphatic heterocycles. The highest BCUT2D eigenvalue weighted by molar-refractivity contribution is 9.10. The molecule has 1 N–H and O–H groups in total. The average molecular weight is 458 g/mol. The first kappa shape index (κ1) is 20.5. The van der Waals surface area contributed by atoms with Gasteiger partial charge in [-0.15, -0.1) is 25.6 Å². The van der Waals surface area contributed by atoms with Crippen LogP contribution in [-0.4, -0.2) is 37.4 Å². The third kappa shape index (κ3) is 5.34. The standard InChI is InChI=1S/C16H16BrF3N2OS.ClH/c17-12-1-2-14(23-16(18,19)20)13(9-12)15(11-3-8-24-10-11)22-6-4-21-5-7-22;/h1-3,8-10,15,21H,4-7H2;1H/t15-;/m0./s1. The number of hydrogen-bond acceptors (Lipinski definition) is 4. The van der Waals surface area contributed by atoms with Gasteiger partial charge in [-0.2, -0.15) is 11.3 Å². The van der Waals surface area contributed by atoms with Crippen LogP contribution in [0, 0.1) is 0 Å². The van der Waals surface area contributed by atoms with Gasteiger partial charge in [0.2, 0.25) is 0 Å². The predicted octanol–water partition coefficient (Wildman–Crippen LogP) is 4.83. The van der Waals surface area contributed by atoms with Gasteiger partial charge in [-0.3, -0.25) is 4.90 Å². The molecule has 2 aromatic rings. The van der Waals surface area contributed by atoms with Crippen LogP contribution in [0.3, 0.4) is 0 Å². The van der Waals surface area contributed by atoms with Gasteiger partial charge >= 0.3 is 6.36 Å². The van der Waals surface area contributed by atoms with Crippen LogP contribution in [0.5, 0.6) is 5.75 Å². The summed E-state index contributed by atoms with van der Waals surface area (Å²) in [6.45, 7) is 3.14. The molecule has 0 spiro atoms. The van der Waals surface area contributed by atoms with Gasteiger partial charge in [0.25, 0.3) is 0 Å². The van der Waals surface area contributed by atoms with Crippen LogP contribution in [0.2, 0.25) is 0 Å². The van der Waals surface area contributed by atoms with E-state index in [4.69, 9.17) is 0 Å². The Kier molecular flexibility index (Phi) is 7.16. The zero-order valence-electron chi connectivity index (χ0n) is 13.1. The molecule has 1 fully saturated rings. The summed E-state index contributed by atoms with van der Waals surface area (Å²) in [5.74, 6) is -0.152. The highest BCUT2D eigenvalue weighted by Gasteiger charge is 2.34. The molecule has 3 nitrogen and oxygen atoms in total. The first-order valence-electron chi connectivity index (χ1n) is 7.46. The molecule has 0 unspecified atom stereocenters. The molecule has 0 amide bonds. The Morgan fingerprint density at radius 2 is 1.92 bits per heavy atom. The van der Waals surface area contributed by atoms with Crippen molar-refractivity contribution >= 4 is 39.7 Å². The number of hydrogen-bond donors (Lipinski definition) is 1. The van der Waals surface area contributed by atoms with E-state index in [9.17, 15) is 13.2 Å². The third-order valence-corrected chi connectivity index (χ3v) is 5.06. The van der Waals surface area contributed by atoms with Gasteiger partial charge < -0.3 is 10.1 Å². The van der Waals surface area contributed by atoms with Crippen molar-refractivity contribution in [2.45, 2.75) is 12.4 Å². The number of alkyl halides is 3. The lowest BCUT2D eigenvalue weighted by atomic mass is 9.98. The van der Waals surface area contributed by atoms with E-state index in [2.05, 4.69) is 30.9 Å². The van der Waals surface area contributed by atoms with Gasteiger partial charge in [0.05, 0.1) is 6.04 Å². The van der Waals surface area contributed by atoms with Gasteiger partial charge in [0, 0.05) is 36.2 Å². The van der Waals surface area contributed by atoms with Crippen LogP contribution in [0.1, 0.15) is 17.2 Å². The lowest BCUT2D eigenvalue weighted by Crippen LogP contribution is -2.45. The summed E-state index contributed by atoms with van der Waals surface area (Å²) >= 11 is 4.90. The van der Waals surface area contributed by atoms with E-state index in [-0.39, 0.29) is 24.2 Å². The summed E-state index contributed by atoms with van der Waals surface area (Å²) < 4.78 is 43.5. The third-order valence-electron chi connectivity index (χ3n) is 3.87. The Morgan fingerprint density at radius 3 is 2.52 bits per heavy atom. The Hall–Kier alpha value is -0.800. The maximum absolute atomic E-state index is 12.8. The van der Waals surface area contributed by atoms with Crippen LogP contribution in [0.15, 0.2) is 39.5 Å². The van der Waals surface area contributed by atoms with E-state index >= 15 is 0 Å². The van der Waals surface area contributed by atoms with Crippen molar-refractivity contribution in [1.29, 1.82) is 0 Å². The van der Waals surface area contributed by atoms with Gasteiger partial charge in [0.15, 0.2) is 0 Å². The predicted molar refractivity (Wildman–Crippen MR) is 98.7 cm³/mol. The van der Waals surface area contributed by atoms with Crippen LogP contribution in [0.25, 0.3) is 0 Å². The quantitative estimate of drug-likeness (QED) is 0.712. The smallest absolute Gasteiger partial charge is 0.405 e. The lowest BCUT2D eigenvalue weighted by molar-refractivity contribution is -0.275. The molecule has 25 heavy (non-hydrogen) atoms. The number of thiophene rings is 1. The summed E-state index contributed by atoms with van der Waals surface area (Å²) in [4.78, 5) is 2.18. The molecule has 1 aromatic heterocycles. The van der Waals surface area contributed by atoms with E-state index in [1.54, 1.807) is 12.1 Å². The summed E-state index contributed by atoms with van der Waals surface area (Å²) in [5, 5.41) is 7.19. The van der Waals surface area contributed by atoms with Crippen LogP contribution >= 0.6 is 39.7 Å². The Bertz CT molecular complexity index is 679. The minimum atomic E-state index is -4.72. The van der Waals surface area contributed by atoms with Crippen molar-refractivity contribution in [3.63, 3.8) is 0 Å². The summed E-state index contributed by atoms with van der Waals surface area (Å²) in [6, 6.07) is 6.33. The fourth-order valence-electron chi connectivity index (χ4n) is 2.91. The number of benzene rings is 1. The van der Waals surface area contributed by atoms with Crippen molar-refractivity contribution in [3.8, 4) is 5.75 Å². The number of ether oxygens (including phenoxy) is 1. The van der Waals surface area contributed by atoms with E-state index in [1.807, 2.05) is 16.8 Å². The van der Waals surface area contributed by atoms with Gasteiger partial charge in [0.1, 0.15) is 5.75 Å². The van der Waals surface area contributed by atoms with Crippen LogP contribution < -0.4 is 10.1 Å². The zero-order chi connectivity index (χ0) is 17.2. The molecule has 0 saturated carbocycles. The molecule has 3 rings (SSSR count). The van der Waals surface area contributed by atoms with Crippen molar-refractivity contribution < 1.29 is 17.9 Å². The highest BCUT2D eigenvalue weighted by atomic mass is 79.9. The minimum Gasteiger partial charge on any atom is -0.405 e. The second kappa shape index (κ2) is 8.73. The normalized spacial score (nSPS) is 17.0. The topological polar surface area (TPSA) is 24.5 Å². The van der Waals surface area contributed by atoms with Crippen molar-refractivity contribution in [2.24, 2.45) is 0 Å². The average Bonchev–Trinajstić information content (AvgIpc) is 3.04. The molecular weight excluding hydrogens is 441 g/mol. The molecule has 1 atom stereocenters. The molecule has 138 valence electrons. The SMILES string of the molecule is Cl.FC(F)(F)Oc1ccc(Br)cc1[C@H](c1ccsc1)N1CCNCC1. The monoisotopic (exact) mass is 456 g/mol. The number of nitrogens with zero attached hydrogens (tertiary/aromatic N) is 1. The molecule has 1 aromatic carbocycles. The first-order valence-corrected chi connectivity index (χ1v) is 9.20. The van der Waals surface area contributed by atoms with Crippen molar-refractivity contribution in [1.82, 2.24) is 10.2 Å².